The second kappa shape index (κ2) is 13.7. The van der Waals surface area contributed by atoms with Crippen molar-refractivity contribution < 1.29 is 24.2 Å². The van der Waals surface area contributed by atoms with E-state index in [1.54, 1.807) is 25.2 Å². The van der Waals surface area contributed by atoms with Crippen molar-refractivity contribution in [1.82, 2.24) is 15.5 Å². The van der Waals surface area contributed by atoms with Crippen molar-refractivity contribution in [2.24, 2.45) is 5.92 Å². The van der Waals surface area contributed by atoms with Crippen LogP contribution < -0.4 is 16.0 Å². The van der Waals surface area contributed by atoms with Gasteiger partial charge in [-0.1, -0.05) is 31.8 Å². The molecule has 4 N–H and O–H groups in total. The van der Waals surface area contributed by atoms with Crippen LogP contribution in [0.15, 0.2) is 18.2 Å². The zero-order chi connectivity index (χ0) is 24.1. The molecular formula is C23H30N4O5. The van der Waals surface area contributed by atoms with Crippen LogP contribution in [0.3, 0.4) is 0 Å². The smallest absolute Gasteiger partial charge is 0.411 e. The highest BCUT2D eigenvalue weighted by molar-refractivity contribution is 5.95. The monoisotopic (exact) mass is 442 g/mol. The van der Waals surface area contributed by atoms with Crippen LogP contribution in [0, 0.1) is 30.6 Å². The minimum Gasteiger partial charge on any atom is -0.436 e. The lowest BCUT2D eigenvalue weighted by molar-refractivity contribution is -0.126. The second-order valence-electron chi connectivity index (χ2n) is 7.24. The highest BCUT2D eigenvalue weighted by Crippen LogP contribution is 2.19. The van der Waals surface area contributed by atoms with Gasteiger partial charge in [0.05, 0.1) is 32.3 Å². The molecule has 0 radical (unpaired) electrons. The van der Waals surface area contributed by atoms with Gasteiger partial charge in [-0.05, 0) is 36.2 Å². The van der Waals surface area contributed by atoms with Crippen molar-refractivity contribution in [3.8, 4) is 24.7 Å². The summed E-state index contributed by atoms with van der Waals surface area (Å²) in [6.45, 7) is 3.14. The summed E-state index contributed by atoms with van der Waals surface area (Å²) >= 11 is 0. The summed E-state index contributed by atoms with van der Waals surface area (Å²) in [6.07, 6.45) is 9.76. The maximum Gasteiger partial charge on any atom is 0.411 e. The quantitative estimate of drug-likeness (QED) is 0.374. The van der Waals surface area contributed by atoms with Gasteiger partial charge in [0.2, 0.25) is 11.8 Å². The van der Waals surface area contributed by atoms with E-state index in [4.69, 9.17) is 17.6 Å². The van der Waals surface area contributed by atoms with Crippen molar-refractivity contribution in [2.75, 3.05) is 32.1 Å². The van der Waals surface area contributed by atoms with Crippen LogP contribution in [-0.4, -0.2) is 60.7 Å². The number of rotatable bonds is 11. The van der Waals surface area contributed by atoms with E-state index in [0.29, 0.717) is 16.8 Å². The molecule has 1 unspecified atom stereocenters. The molecule has 0 aromatic heterocycles. The van der Waals surface area contributed by atoms with Gasteiger partial charge in [0, 0.05) is 5.69 Å². The molecule has 0 aliphatic carbocycles. The molecule has 9 heteroatoms. The number of anilines is 1. The molecule has 0 aliphatic rings. The van der Waals surface area contributed by atoms with Crippen LogP contribution in [-0.2, 0) is 27.5 Å². The van der Waals surface area contributed by atoms with Crippen LogP contribution in [0.25, 0.3) is 0 Å². The first-order valence-corrected chi connectivity index (χ1v) is 10.0. The first-order chi connectivity index (χ1) is 15.3. The van der Waals surface area contributed by atoms with Crippen LogP contribution in [0.4, 0.5) is 10.5 Å². The Kier molecular flexibility index (Phi) is 11.4. The lowest BCUT2D eigenvalue weighted by Gasteiger charge is -2.21. The average molecular weight is 443 g/mol. The summed E-state index contributed by atoms with van der Waals surface area (Å²) in [5, 5.41) is 17.8. The predicted octanol–water partition coefficient (Wildman–Crippen LogP) is 0.683. The highest BCUT2D eigenvalue weighted by atomic mass is 16.6. The van der Waals surface area contributed by atoms with Gasteiger partial charge in [-0.15, -0.1) is 12.8 Å². The third-order valence-electron chi connectivity index (χ3n) is 4.52. The van der Waals surface area contributed by atoms with Crippen LogP contribution in [0.2, 0.25) is 0 Å². The number of ether oxygens (including phenoxy) is 1. The first-order valence-electron chi connectivity index (χ1n) is 10.0. The number of hydrogen-bond donors (Lipinski definition) is 4. The summed E-state index contributed by atoms with van der Waals surface area (Å²) in [5.41, 5.74) is 1.55. The molecule has 0 fully saturated rings. The van der Waals surface area contributed by atoms with Crippen molar-refractivity contribution in [2.45, 2.75) is 33.0 Å². The van der Waals surface area contributed by atoms with E-state index in [1.807, 2.05) is 13.8 Å². The van der Waals surface area contributed by atoms with E-state index >= 15 is 0 Å². The normalized spacial score (nSPS) is 11.1. The summed E-state index contributed by atoms with van der Waals surface area (Å²) in [4.78, 5) is 37.9. The van der Waals surface area contributed by atoms with Gasteiger partial charge in [0.15, 0.2) is 6.61 Å². The zero-order valence-corrected chi connectivity index (χ0v) is 18.6. The molecule has 0 aliphatic heterocycles. The van der Waals surface area contributed by atoms with E-state index in [9.17, 15) is 19.5 Å². The van der Waals surface area contributed by atoms with E-state index < -0.39 is 18.0 Å². The Bertz CT molecular complexity index is 885. The van der Waals surface area contributed by atoms with Gasteiger partial charge in [-0.3, -0.25) is 14.5 Å². The Morgan fingerprint density at radius 2 is 1.91 bits per heavy atom. The van der Waals surface area contributed by atoms with Crippen molar-refractivity contribution in [3.05, 3.63) is 29.3 Å². The fourth-order valence-electron chi connectivity index (χ4n) is 2.95. The molecule has 3 amide bonds. The first kappa shape index (κ1) is 26.5. The molecule has 0 bridgehead atoms. The minimum absolute atomic E-state index is 0.0284. The predicted molar refractivity (Wildman–Crippen MR) is 121 cm³/mol. The van der Waals surface area contributed by atoms with Crippen LogP contribution in [0.1, 0.15) is 25.0 Å². The molecule has 0 saturated carbocycles. The SMILES string of the molecule is C#CCOC(=O)N(CC#C)Cc1cc(NC(=O)CNC(=O)C(NC)C(C)C)ccc1CO. The third-order valence-corrected chi connectivity index (χ3v) is 4.52. The molecular weight excluding hydrogens is 412 g/mol. The average Bonchev–Trinajstić information content (AvgIpc) is 2.76. The molecule has 1 rings (SSSR count). The molecule has 32 heavy (non-hydrogen) atoms. The number of likely N-dealkylation sites (N-methyl/N-ethyl adjacent to an activating group) is 1. The van der Waals surface area contributed by atoms with Crippen molar-refractivity contribution >= 4 is 23.6 Å². The van der Waals surface area contributed by atoms with E-state index in [1.165, 1.54) is 4.90 Å². The highest BCUT2D eigenvalue weighted by Gasteiger charge is 2.20. The summed E-state index contributed by atoms with van der Waals surface area (Å²) in [5.74, 6) is 3.95. The summed E-state index contributed by atoms with van der Waals surface area (Å²) in [7, 11) is 1.68. The number of carbonyl (C=O) groups excluding carboxylic acids is 3. The molecule has 0 spiro atoms. The lowest BCUT2D eigenvalue weighted by atomic mass is 10.0. The van der Waals surface area contributed by atoms with E-state index in [2.05, 4.69) is 27.8 Å². The Hall–Kier alpha value is -3.53. The summed E-state index contributed by atoms with van der Waals surface area (Å²) in [6, 6.07) is 4.45. The number of aliphatic hydroxyl groups excluding tert-OH is 1. The Balaban J connectivity index is 2.88. The fourth-order valence-corrected chi connectivity index (χ4v) is 2.95. The van der Waals surface area contributed by atoms with Gasteiger partial charge in [-0.2, -0.15) is 0 Å². The summed E-state index contributed by atoms with van der Waals surface area (Å²) < 4.78 is 4.92. The standard InChI is InChI=1S/C23H30N4O5/c1-6-10-27(23(31)32-11-7-2)14-18-12-19(9-8-17(18)15-28)26-20(29)13-25-22(30)21(24-5)16(3)4/h1-2,8-9,12,16,21,24,28H,10-11,13-15H2,3-5H3,(H,25,30)(H,26,29). The number of nitrogens with one attached hydrogen (secondary N) is 3. The minimum atomic E-state index is -0.689. The second-order valence-corrected chi connectivity index (χ2v) is 7.24. The number of benzene rings is 1. The number of carbonyl (C=O) groups is 3. The number of terminal acetylenes is 2. The molecule has 1 aromatic rings. The molecule has 0 heterocycles. The zero-order valence-electron chi connectivity index (χ0n) is 18.6. The maximum atomic E-state index is 12.3. The number of nitrogens with zero attached hydrogens (tertiary/aromatic N) is 1. The Morgan fingerprint density at radius 3 is 2.47 bits per heavy atom. The Labute approximate surface area is 188 Å². The number of amides is 3. The maximum absolute atomic E-state index is 12.3. The van der Waals surface area contributed by atoms with Gasteiger partial charge < -0.3 is 25.8 Å². The van der Waals surface area contributed by atoms with Gasteiger partial charge in [0.25, 0.3) is 0 Å². The van der Waals surface area contributed by atoms with E-state index in [-0.39, 0.29) is 44.7 Å². The molecule has 1 atom stereocenters. The lowest BCUT2D eigenvalue weighted by Crippen LogP contribution is -2.47. The topological polar surface area (TPSA) is 120 Å². The van der Waals surface area contributed by atoms with Crippen LogP contribution >= 0.6 is 0 Å². The van der Waals surface area contributed by atoms with Crippen molar-refractivity contribution in [1.29, 1.82) is 0 Å². The molecule has 0 saturated heterocycles. The number of hydrogen-bond acceptors (Lipinski definition) is 6. The van der Waals surface area contributed by atoms with Gasteiger partial charge in [0.1, 0.15) is 0 Å². The molecule has 1 aromatic carbocycles. The molecule has 9 nitrogen and oxygen atoms in total. The largest absolute Gasteiger partial charge is 0.436 e. The van der Waals surface area contributed by atoms with Gasteiger partial charge >= 0.3 is 6.09 Å². The molecule has 172 valence electrons. The van der Waals surface area contributed by atoms with Crippen molar-refractivity contribution in [3.63, 3.8) is 0 Å². The Morgan fingerprint density at radius 1 is 1.19 bits per heavy atom. The van der Waals surface area contributed by atoms with E-state index in [0.717, 1.165) is 0 Å². The van der Waals surface area contributed by atoms with Gasteiger partial charge in [-0.25, -0.2) is 4.79 Å². The fraction of sp³-hybridized carbons (Fsp3) is 0.435. The number of aliphatic hydroxyl groups is 1. The third kappa shape index (κ3) is 8.31. The van der Waals surface area contributed by atoms with Crippen LogP contribution in [0.5, 0.6) is 0 Å².